The molecule has 4 heteroatoms. The SMILES string of the molecule is COC(CN)CC(=O)NCCC12CC3CC(CC(C3)C1)C2. The highest BCUT2D eigenvalue weighted by molar-refractivity contribution is 5.76. The summed E-state index contributed by atoms with van der Waals surface area (Å²) < 4.78 is 5.16. The summed E-state index contributed by atoms with van der Waals surface area (Å²) >= 11 is 0. The van der Waals surface area contributed by atoms with Gasteiger partial charge in [-0.25, -0.2) is 0 Å². The molecular weight excluding hydrogens is 264 g/mol. The molecule has 4 bridgehead atoms. The third kappa shape index (κ3) is 3.42. The summed E-state index contributed by atoms with van der Waals surface area (Å²) in [5.41, 5.74) is 6.11. The van der Waals surface area contributed by atoms with Crippen molar-refractivity contribution in [2.24, 2.45) is 28.9 Å². The zero-order valence-corrected chi connectivity index (χ0v) is 13.3. The summed E-state index contributed by atoms with van der Waals surface area (Å²) in [4.78, 5) is 11.9. The summed E-state index contributed by atoms with van der Waals surface area (Å²) in [7, 11) is 1.61. The number of rotatable bonds is 7. The normalized spacial score (nSPS) is 38.5. The van der Waals surface area contributed by atoms with Gasteiger partial charge in [-0.05, 0) is 68.1 Å². The summed E-state index contributed by atoms with van der Waals surface area (Å²) in [6, 6.07) is 0. The van der Waals surface area contributed by atoms with Gasteiger partial charge in [-0.3, -0.25) is 4.79 Å². The molecule has 4 rings (SSSR count). The molecule has 0 aromatic heterocycles. The van der Waals surface area contributed by atoms with Crippen molar-refractivity contribution >= 4 is 5.91 Å². The number of nitrogens with one attached hydrogen (secondary N) is 1. The molecule has 0 saturated heterocycles. The molecule has 1 atom stereocenters. The highest BCUT2D eigenvalue weighted by Crippen LogP contribution is 2.61. The third-order valence-corrected chi connectivity index (χ3v) is 6.15. The lowest BCUT2D eigenvalue weighted by atomic mass is 9.49. The Bertz CT molecular complexity index is 344. The van der Waals surface area contributed by atoms with Crippen molar-refractivity contribution in [3.63, 3.8) is 0 Å². The number of carbonyl (C=O) groups is 1. The molecule has 0 radical (unpaired) electrons. The molecule has 3 N–H and O–H groups in total. The van der Waals surface area contributed by atoms with Gasteiger partial charge < -0.3 is 15.8 Å². The van der Waals surface area contributed by atoms with E-state index < -0.39 is 0 Å². The van der Waals surface area contributed by atoms with Crippen molar-refractivity contribution in [2.75, 3.05) is 20.2 Å². The maximum Gasteiger partial charge on any atom is 0.222 e. The predicted octanol–water partition coefficient (Wildman–Crippen LogP) is 2.07. The average Bonchev–Trinajstić information content (AvgIpc) is 2.43. The standard InChI is InChI=1S/C17H30N2O2/c1-21-15(11-18)7-16(20)19-3-2-17-8-12-4-13(9-17)6-14(5-12)10-17/h12-15H,2-11,18H2,1H3,(H,19,20). The molecule has 1 unspecified atom stereocenters. The number of nitrogens with two attached hydrogens (primary N) is 1. The lowest BCUT2D eigenvalue weighted by Crippen LogP contribution is -2.47. The van der Waals surface area contributed by atoms with Gasteiger partial charge in [-0.1, -0.05) is 0 Å². The van der Waals surface area contributed by atoms with Crippen molar-refractivity contribution in [2.45, 2.75) is 57.5 Å². The van der Waals surface area contributed by atoms with E-state index in [4.69, 9.17) is 10.5 Å². The highest BCUT2D eigenvalue weighted by Gasteiger charge is 2.50. The van der Waals surface area contributed by atoms with Crippen LogP contribution in [0, 0.1) is 23.2 Å². The van der Waals surface area contributed by atoms with Gasteiger partial charge in [0.2, 0.25) is 5.91 Å². The Morgan fingerprint density at radius 3 is 2.29 bits per heavy atom. The van der Waals surface area contributed by atoms with E-state index in [0.29, 0.717) is 18.4 Å². The number of hydrogen-bond donors (Lipinski definition) is 2. The Morgan fingerprint density at radius 1 is 1.24 bits per heavy atom. The summed E-state index contributed by atoms with van der Waals surface area (Å²) in [5, 5.41) is 3.08. The molecule has 0 aromatic rings. The summed E-state index contributed by atoms with van der Waals surface area (Å²) in [6.07, 6.45) is 10.1. The van der Waals surface area contributed by atoms with Crippen molar-refractivity contribution < 1.29 is 9.53 Å². The van der Waals surface area contributed by atoms with Crippen LogP contribution in [-0.2, 0) is 9.53 Å². The minimum absolute atomic E-state index is 0.0806. The average molecular weight is 294 g/mol. The maximum atomic E-state index is 11.9. The Labute approximate surface area is 128 Å². The Hall–Kier alpha value is -0.610. The van der Waals surface area contributed by atoms with Crippen LogP contribution >= 0.6 is 0 Å². The van der Waals surface area contributed by atoms with Gasteiger partial charge in [-0.2, -0.15) is 0 Å². The fraction of sp³-hybridized carbons (Fsp3) is 0.941. The zero-order chi connectivity index (χ0) is 14.9. The lowest BCUT2D eigenvalue weighted by Gasteiger charge is -2.57. The molecule has 1 amide bonds. The topological polar surface area (TPSA) is 64.3 Å². The van der Waals surface area contributed by atoms with Gasteiger partial charge in [0.05, 0.1) is 12.5 Å². The Morgan fingerprint density at radius 2 is 1.81 bits per heavy atom. The van der Waals surface area contributed by atoms with E-state index in [0.717, 1.165) is 24.3 Å². The van der Waals surface area contributed by atoms with Crippen LogP contribution in [0.15, 0.2) is 0 Å². The molecule has 0 heterocycles. The monoisotopic (exact) mass is 294 g/mol. The lowest BCUT2D eigenvalue weighted by molar-refractivity contribution is -0.123. The van der Waals surface area contributed by atoms with Crippen LogP contribution in [0.25, 0.3) is 0 Å². The molecule has 21 heavy (non-hydrogen) atoms. The Balaban J connectivity index is 1.44. The van der Waals surface area contributed by atoms with Crippen molar-refractivity contribution in [3.8, 4) is 0 Å². The first-order valence-electron chi connectivity index (χ1n) is 8.62. The van der Waals surface area contributed by atoms with Gasteiger partial charge in [0.1, 0.15) is 0 Å². The number of methoxy groups -OCH3 is 1. The largest absolute Gasteiger partial charge is 0.380 e. The highest BCUT2D eigenvalue weighted by atomic mass is 16.5. The molecule has 4 aliphatic rings. The number of amides is 1. The molecule has 120 valence electrons. The van der Waals surface area contributed by atoms with E-state index in [1.54, 1.807) is 7.11 Å². The van der Waals surface area contributed by atoms with Crippen molar-refractivity contribution in [3.05, 3.63) is 0 Å². The van der Waals surface area contributed by atoms with Crippen LogP contribution in [0.1, 0.15) is 51.4 Å². The predicted molar refractivity (Wildman–Crippen MR) is 82.7 cm³/mol. The quantitative estimate of drug-likeness (QED) is 0.755. The van der Waals surface area contributed by atoms with E-state index in [-0.39, 0.29) is 12.0 Å². The van der Waals surface area contributed by atoms with E-state index in [2.05, 4.69) is 5.32 Å². The third-order valence-electron chi connectivity index (χ3n) is 6.15. The fourth-order valence-electron chi connectivity index (χ4n) is 5.61. The zero-order valence-electron chi connectivity index (χ0n) is 13.3. The maximum absolute atomic E-state index is 11.9. The molecule has 0 aromatic carbocycles. The number of carbonyl (C=O) groups excluding carboxylic acids is 1. The van der Waals surface area contributed by atoms with E-state index in [1.165, 1.54) is 44.9 Å². The second kappa shape index (κ2) is 6.25. The fourth-order valence-corrected chi connectivity index (χ4v) is 5.61. The first-order chi connectivity index (χ1) is 10.1. The van der Waals surface area contributed by atoms with Gasteiger partial charge >= 0.3 is 0 Å². The van der Waals surface area contributed by atoms with Crippen molar-refractivity contribution in [1.82, 2.24) is 5.32 Å². The van der Waals surface area contributed by atoms with Crippen LogP contribution in [0.3, 0.4) is 0 Å². The van der Waals surface area contributed by atoms with Crippen LogP contribution < -0.4 is 11.1 Å². The first kappa shape index (κ1) is 15.3. The number of ether oxygens (including phenoxy) is 1. The Kier molecular flexibility index (Phi) is 4.55. The molecule has 4 nitrogen and oxygen atoms in total. The van der Waals surface area contributed by atoms with Gasteiger partial charge in [0, 0.05) is 20.2 Å². The van der Waals surface area contributed by atoms with E-state index in [9.17, 15) is 4.79 Å². The van der Waals surface area contributed by atoms with E-state index >= 15 is 0 Å². The molecule has 0 aliphatic heterocycles. The van der Waals surface area contributed by atoms with Crippen LogP contribution in [0.5, 0.6) is 0 Å². The van der Waals surface area contributed by atoms with Gasteiger partial charge in [0.15, 0.2) is 0 Å². The minimum Gasteiger partial charge on any atom is -0.380 e. The second-order valence-electron chi connectivity index (χ2n) is 7.82. The summed E-state index contributed by atoms with van der Waals surface area (Å²) in [6.45, 7) is 1.23. The smallest absolute Gasteiger partial charge is 0.222 e. The summed E-state index contributed by atoms with van der Waals surface area (Å²) in [5.74, 6) is 3.04. The second-order valence-corrected chi connectivity index (χ2v) is 7.82. The molecular formula is C17H30N2O2. The molecule has 4 saturated carbocycles. The van der Waals surface area contributed by atoms with Crippen LogP contribution in [-0.4, -0.2) is 32.2 Å². The minimum atomic E-state index is -0.149. The van der Waals surface area contributed by atoms with Crippen LogP contribution in [0.4, 0.5) is 0 Å². The van der Waals surface area contributed by atoms with Crippen LogP contribution in [0.2, 0.25) is 0 Å². The van der Waals surface area contributed by atoms with Gasteiger partial charge in [0.25, 0.3) is 0 Å². The van der Waals surface area contributed by atoms with E-state index in [1.807, 2.05) is 0 Å². The molecule has 4 aliphatic carbocycles. The van der Waals surface area contributed by atoms with Gasteiger partial charge in [-0.15, -0.1) is 0 Å². The molecule has 4 fully saturated rings. The first-order valence-corrected chi connectivity index (χ1v) is 8.62. The molecule has 0 spiro atoms. The van der Waals surface area contributed by atoms with Crippen molar-refractivity contribution in [1.29, 1.82) is 0 Å². The number of hydrogen-bond acceptors (Lipinski definition) is 3.